The Morgan fingerprint density at radius 3 is 2.60 bits per heavy atom. The quantitative estimate of drug-likeness (QED) is 0.780. The highest BCUT2D eigenvalue weighted by atomic mass is 15.0. The fourth-order valence-electron chi connectivity index (χ4n) is 2.62. The summed E-state index contributed by atoms with van der Waals surface area (Å²) in [7, 11) is 2.10. The standard InChI is InChI=1S/C17H19N3/c1-12-13(2)20(3)16-15(12)9-10-18-17(16)19-11-14-7-5-4-6-8-14/h4-10H,11H2,1-3H3,(H,18,19). The molecule has 0 bridgehead atoms. The molecule has 2 aromatic heterocycles. The summed E-state index contributed by atoms with van der Waals surface area (Å²) in [4.78, 5) is 4.51. The summed E-state index contributed by atoms with van der Waals surface area (Å²) in [5.74, 6) is 0.949. The fraction of sp³-hybridized carbons (Fsp3) is 0.235. The number of nitrogens with one attached hydrogen (secondary N) is 1. The number of aromatic nitrogens is 2. The number of hydrogen-bond donors (Lipinski definition) is 1. The van der Waals surface area contributed by atoms with Gasteiger partial charge in [0.05, 0.1) is 5.52 Å². The van der Waals surface area contributed by atoms with Crippen molar-refractivity contribution in [3.63, 3.8) is 0 Å². The Morgan fingerprint density at radius 2 is 1.85 bits per heavy atom. The first-order valence-electron chi connectivity index (χ1n) is 6.87. The first kappa shape index (κ1) is 12.7. The van der Waals surface area contributed by atoms with Crippen LogP contribution in [0.4, 0.5) is 5.82 Å². The SMILES string of the molecule is Cc1c(C)n(C)c2c(NCc3ccccc3)nccc12. The number of hydrogen-bond acceptors (Lipinski definition) is 2. The second-order valence-electron chi connectivity index (χ2n) is 5.16. The zero-order valence-electron chi connectivity index (χ0n) is 12.1. The molecule has 3 heteroatoms. The molecular formula is C17H19N3. The largest absolute Gasteiger partial charge is 0.364 e. The highest BCUT2D eigenvalue weighted by molar-refractivity contribution is 5.93. The minimum atomic E-state index is 0.788. The van der Waals surface area contributed by atoms with Crippen LogP contribution in [-0.4, -0.2) is 9.55 Å². The van der Waals surface area contributed by atoms with E-state index in [4.69, 9.17) is 0 Å². The highest BCUT2D eigenvalue weighted by Crippen LogP contribution is 2.28. The molecule has 0 fully saturated rings. The third-order valence-electron chi connectivity index (χ3n) is 4.01. The molecule has 0 unspecified atom stereocenters. The van der Waals surface area contributed by atoms with Gasteiger partial charge in [0.1, 0.15) is 0 Å². The summed E-state index contributed by atoms with van der Waals surface area (Å²) in [5.41, 5.74) is 5.05. The predicted octanol–water partition coefficient (Wildman–Crippen LogP) is 3.80. The van der Waals surface area contributed by atoms with Gasteiger partial charge in [-0.1, -0.05) is 30.3 Å². The van der Waals surface area contributed by atoms with Crippen LogP contribution < -0.4 is 5.32 Å². The van der Waals surface area contributed by atoms with E-state index in [1.54, 1.807) is 0 Å². The van der Waals surface area contributed by atoms with Gasteiger partial charge in [-0.05, 0) is 31.0 Å². The zero-order valence-corrected chi connectivity index (χ0v) is 12.1. The molecule has 3 nitrogen and oxygen atoms in total. The summed E-state index contributed by atoms with van der Waals surface area (Å²) in [6.07, 6.45) is 1.88. The Bertz CT molecular complexity index is 742. The van der Waals surface area contributed by atoms with E-state index in [0.717, 1.165) is 12.4 Å². The van der Waals surface area contributed by atoms with E-state index in [1.807, 2.05) is 12.3 Å². The molecule has 0 amide bonds. The van der Waals surface area contributed by atoms with Crippen LogP contribution in [0.25, 0.3) is 10.9 Å². The average molecular weight is 265 g/mol. The molecule has 3 aromatic rings. The number of nitrogens with zero attached hydrogens (tertiary/aromatic N) is 2. The van der Waals surface area contributed by atoms with Crippen molar-refractivity contribution in [1.82, 2.24) is 9.55 Å². The second-order valence-corrected chi connectivity index (χ2v) is 5.16. The van der Waals surface area contributed by atoms with Gasteiger partial charge in [-0.15, -0.1) is 0 Å². The lowest BCUT2D eigenvalue weighted by atomic mass is 10.2. The van der Waals surface area contributed by atoms with Crippen LogP contribution in [0.15, 0.2) is 42.6 Å². The number of anilines is 1. The van der Waals surface area contributed by atoms with Crippen molar-refractivity contribution in [2.24, 2.45) is 7.05 Å². The number of rotatable bonds is 3. The third-order valence-corrected chi connectivity index (χ3v) is 4.01. The van der Waals surface area contributed by atoms with Crippen molar-refractivity contribution >= 4 is 16.7 Å². The van der Waals surface area contributed by atoms with Crippen LogP contribution in [0.1, 0.15) is 16.8 Å². The molecule has 0 aliphatic carbocycles. The van der Waals surface area contributed by atoms with Gasteiger partial charge < -0.3 is 9.88 Å². The molecule has 1 aromatic carbocycles. The minimum absolute atomic E-state index is 0.788. The number of pyridine rings is 1. The lowest BCUT2D eigenvalue weighted by Gasteiger charge is -2.09. The van der Waals surface area contributed by atoms with Crippen molar-refractivity contribution < 1.29 is 0 Å². The van der Waals surface area contributed by atoms with Gasteiger partial charge in [-0.3, -0.25) is 0 Å². The number of fused-ring (bicyclic) bond motifs is 1. The third kappa shape index (κ3) is 2.05. The second kappa shape index (κ2) is 5.00. The smallest absolute Gasteiger partial charge is 0.150 e. The van der Waals surface area contributed by atoms with E-state index in [2.05, 4.69) is 66.1 Å². The number of benzene rings is 1. The lowest BCUT2D eigenvalue weighted by Crippen LogP contribution is -2.03. The molecule has 0 radical (unpaired) electrons. The average Bonchev–Trinajstić information content (AvgIpc) is 2.72. The summed E-state index contributed by atoms with van der Waals surface area (Å²) in [6, 6.07) is 12.5. The van der Waals surface area contributed by atoms with E-state index >= 15 is 0 Å². The molecular weight excluding hydrogens is 246 g/mol. The van der Waals surface area contributed by atoms with E-state index in [9.17, 15) is 0 Å². The van der Waals surface area contributed by atoms with Crippen LogP contribution in [0.3, 0.4) is 0 Å². The van der Waals surface area contributed by atoms with Crippen molar-refractivity contribution in [3.05, 3.63) is 59.4 Å². The van der Waals surface area contributed by atoms with Crippen LogP contribution in [0.5, 0.6) is 0 Å². The van der Waals surface area contributed by atoms with Crippen molar-refractivity contribution in [2.45, 2.75) is 20.4 Å². The summed E-state index contributed by atoms with van der Waals surface area (Å²) in [6.45, 7) is 5.10. The van der Waals surface area contributed by atoms with Gasteiger partial charge in [0.2, 0.25) is 0 Å². The van der Waals surface area contributed by atoms with Crippen LogP contribution in [-0.2, 0) is 13.6 Å². The Hall–Kier alpha value is -2.29. The topological polar surface area (TPSA) is 29.9 Å². The Labute approximate surface area is 119 Å². The van der Waals surface area contributed by atoms with E-state index < -0.39 is 0 Å². The van der Waals surface area contributed by atoms with E-state index in [-0.39, 0.29) is 0 Å². The molecule has 1 N–H and O–H groups in total. The normalized spacial score (nSPS) is 10.9. The first-order chi connectivity index (χ1) is 9.68. The van der Waals surface area contributed by atoms with Crippen molar-refractivity contribution in [2.75, 3.05) is 5.32 Å². The maximum atomic E-state index is 4.51. The fourth-order valence-corrected chi connectivity index (χ4v) is 2.62. The maximum absolute atomic E-state index is 4.51. The Kier molecular flexibility index (Phi) is 3.18. The maximum Gasteiger partial charge on any atom is 0.150 e. The summed E-state index contributed by atoms with van der Waals surface area (Å²) in [5, 5.41) is 4.73. The van der Waals surface area contributed by atoms with E-state index in [1.165, 1.54) is 27.7 Å². The molecule has 0 saturated heterocycles. The van der Waals surface area contributed by atoms with Gasteiger partial charge in [-0.25, -0.2) is 4.98 Å². The Morgan fingerprint density at radius 1 is 1.10 bits per heavy atom. The van der Waals surface area contributed by atoms with Gasteiger partial charge >= 0.3 is 0 Å². The van der Waals surface area contributed by atoms with Gasteiger partial charge in [0, 0.05) is 30.9 Å². The van der Waals surface area contributed by atoms with Gasteiger partial charge in [0.25, 0.3) is 0 Å². The monoisotopic (exact) mass is 265 g/mol. The minimum Gasteiger partial charge on any atom is -0.364 e. The highest BCUT2D eigenvalue weighted by Gasteiger charge is 2.12. The molecule has 20 heavy (non-hydrogen) atoms. The molecule has 2 heterocycles. The predicted molar refractivity (Wildman–Crippen MR) is 84.0 cm³/mol. The Balaban J connectivity index is 1.98. The van der Waals surface area contributed by atoms with Gasteiger partial charge in [-0.2, -0.15) is 0 Å². The molecule has 3 rings (SSSR count). The number of aryl methyl sites for hydroxylation is 2. The van der Waals surface area contributed by atoms with Crippen molar-refractivity contribution in [1.29, 1.82) is 0 Å². The zero-order chi connectivity index (χ0) is 14.1. The molecule has 102 valence electrons. The molecule has 0 spiro atoms. The first-order valence-corrected chi connectivity index (χ1v) is 6.87. The van der Waals surface area contributed by atoms with Gasteiger partial charge in [0.15, 0.2) is 5.82 Å². The van der Waals surface area contributed by atoms with Crippen LogP contribution >= 0.6 is 0 Å². The molecule has 0 aliphatic rings. The van der Waals surface area contributed by atoms with Crippen LogP contribution in [0, 0.1) is 13.8 Å². The van der Waals surface area contributed by atoms with Crippen LogP contribution in [0.2, 0.25) is 0 Å². The summed E-state index contributed by atoms with van der Waals surface area (Å²) < 4.78 is 2.21. The molecule has 0 saturated carbocycles. The van der Waals surface area contributed by atoms with E-state index in [0.29, 0.717) is 0 Å². The molecule has 0 aliphatic heterocycles. The summed E-state index contributed by atoms with van der Waals surface area (Å²) >= 11 is 0. The van der Waals surface area contributed by atoms with Crippen molar-refractivity contribution in [3.8, 4) is 0 Å². The molecule has 0 atom stereocenters. The lowest BCUT2D eigenvalue weighted by molar-refractivity contribution is 0.906.